The van der Waals surface area contributed by atoms with Crippen LogP contribution >= 0.6 is 0 Å². The van der Waals surface area contributed by atoms with E-state index in [1.165, 1.54) is 0 Å². The van der Waals surface area contributed by atoms with E-state index in [0.717, 1.165) is 6.26 Å². The lowest BCUT2D eigenvalue weighted by Crippen LogP contribution is -2.26. The minimum Gasteiger partial charge on any atom is -0.258 e. The van der Waals surface area contributed by atoms with E-state index in [9.17, 15) is 28.6 Å². The first-order chi connectivity index (χ1) is 5.74. The molecule has 0 aromatic rings. The molecule has 0 aromatic heterocycles. The summed E-state index contributed by atoms with van der Waals surface area (Å²) in [5, 5.41) is 20.4. The maximum absolute atomic E-state index is 10.4. The lowest BCUT2D eigenvalue weighted by Gasteiger charge is -1.94. The first-order valence-corrected chi connectivity index (χ1v) is 4.85. The number of hydrogen-bond acceptors (Lipinski definition) is 6. The molecule has 0 radical (unpaired) electrons. The van der Waals surface area contributed by atoms with Crippen molar-refractivity contribution >= 4 is 9.84 Å². The summed E-state index contributed by atoms with van der Waals surface area (Å²) in [6, 6.07) is 0. The molecule has 0 fully saturated rings. The lowest BCUT2D eigenvalue weighted by molar-refractivity contribution is -0.727. The summed E-state index contributed by atoms with van der Waals surface area (Å²) in [5.41, 5.74) is 0. The number of nitrogens with zero attached hydrogens (tertiary/aromatic N) is 2. The third-order valence-electron chi connectivity index (χ3n) is 0.930. The largest absolute Gasteiger partial charge is 0.470 e. The van der Waals surface area contributed by atoms with Crippen molar-refractivity contribution in [1.29, 1.82) is 0 Å². The Hall–Kier alpha value is -1.51. The highest BCUT2D eigenvalue weighted by Crippen LogP contribution is 1.96. The molecule has 13 heavy (non-hydrogen) atoms. The van der Waals surface area contributed by atoms with Gasteiger partial charge in [-0.3, -0.25) is 20.2 Å². The summed E-state index contributed by atoms with van der Waals surface area (Å²) >= 11 is 0. The summed E-state index contributed by atoms with van der Waals surface area (Å²) < 4.78 is 20.9. The van der Waals surface area contributed by atoms with E-state index in [0.29, 0.717) is 11.5 Å². The molecule has 0 spiro atoms. The Morgan fingerprint density at radius 2 is 1.62 bits per heavy atom. The van der Waals surface area contributed by atoms with Crippen molar-refractivity contribution in [2.75, 3.05) is 6.26 Å². The smallest absolute Gasteiger partial charge is 0.258 e. The van der Waals surface area contributed by atoms with Crippen LogP contribution in [0.25, 0.3) is 0 Å². The monoisotopic (exact) mass is 210 g/mol. The highest BCUT2D eigenvalue weighted by Gasteiger charge is 2.28. The van der Waals surface area contributed by atoms with Crippen LogP contribution in [0.15, 0.2) is 11.5 Å². The average molecular weight is 210 g/mol. The second kappa shape index (κ2) is 3.94. The van der Waals surface area contributed by atoms with Gasteiger partial charge >= 0.3 is 6.17 Å². The Morgan fingerprint density at radius 3 is 1.85 bits per heavy atom. The van der Waals surface area contributed by atoms with Crippen LogP contribution in [0.5, 0.6) is 0 Å². The number of hydrogen-bond donors (Lipinski definition) is 0. The maximum Gasteiger partial charge on any atom is 0.470 e. The van der Waals surface area contributed by atoms with Gasteiger partial charge in [0.25, 0.3) is 0 Å². The zero-order valence-corrected chi connectivity index (χ0v) is 7.30. The second-order valence-electron chi connectivity index (χ2n) is 2.14. The van der Waals surface area contributed by atoms with Gasteiger partial charge < -0.3 is 0 Å². The van der Waals surface area contributed by atoms with E-state index in [1.807, 2.05) is 0 Å². The van der Waals surface area contributed by atoms with Gasteiger partial charge in [0.2, 0.25) is 0 Å². The molecule has 74 valence electrons. The molecule has 0 unspecified atom stereocenters. The molecular weight excluding hydrogens is 204 g/mol. The number of rotatable bonds is 4. The van der Waals surface area contributed by atoms with Crippen LogP contribution in [0.2, 0.25) is 0 Å². The molecule has 9 heteroatoms. The fraction of sp³-hybridized carbons (Fsp3) is 0.500. The zero-order chi connectivity index (χ0) is 10.6. The predicted octanol–water partition coefficient (Wildman–Crippen LogP) is -0.576. The van der Waals surface area contributed by atoms with Crippen LogP contribution in [0.4, 0.5) is 0 Å². The average Bonchev–Trinajstić information content (AvgIpc) is 1.82. The Balaban J connectivity index is 4.74. The maximum atomic E-state index is 10.4. The molecule has 0 aliphatic heterocycles. The van der Waals surface area contributed by atoms with Crippen molar-refractivity contribution in [3.8, 4) is 0 Å². The minimum atomic E-state index is -3.58. The number of sulfone groups is 1. The van der Waals surface area contributed by atoms with E-state index >= 15 is 0 Å². The molecule has 0 aliphatic rings. The molecule has 0 aliphatic carbocycles. The Kier molecular flexibility index (Phi) is 3.48. The molecule has 0 atom stereocenters. The molecule has 0 aromatic carbocycles. The van der Waals surface area contributed by atoms with Crippen molar-refractivity contribution in [3.63, 3.8) is 0 Å². The van der Waals surface area contributed by atoms with Crippen molar-refractivity contribution in [2.24, 2.45) is 0 Å². The molecule has 0 rings (SSSR count). The van der Waals surface area contributed by atoms with Gasteiger partial charge in [-0.15, -0.1) is 0 Å². The van der Waals surface area contributed by atoms with Crippen LogP contribution in [0.3, 0.4) is 0 Å². The Morgan fingerprint density at radius 1 is 1.23 bits per heavy atom. The summed E-state index contributed by atoms with van der Waals surface area (Å²) in [6.07, 6.45) is -1.02. The van der Waals surface area contributed by atoms with Gasteiger partial charge in [0.15, 0.2) is 9.84 Å². The molecule has 0 bridgehead atoms. The molecule has 0 saturated heterocycles. The fourth-order valence-corrected chi connectivity index (χ4v) is 0.856. The number of nitro groups is 2. The second-order valence-corrected chi connectivity index (χ2v) is 4.07. The summed E-state index contributed by atoms with van der Waals surface area (Å²) in [7, 11) is -3.58. The van der Waals surface area contributed by atoms with Crippen LogP contribution in [0, 0.1) is 20.2 Å². The Bertz CT molecular complexity index is 330. The zero-order valence-electron chi connectivity index (χ0n) is 6.48. The quantitative estimate of drug-likeness (QED) is 0.348. The van der Waals surface area contributed by atoms with E-state index in [4.69, 9.17) is 0 Å². The molecular formula is C4H6N2O6S. The molecule has 0 N–H and O–H groups in total. The SMILES string of the molecule is CS(=O)(=O)C=CC([N+](=O)[O-])[N+](=O)[O-]. The Labute approximate surface area is 73.1 Å². The van der Waals surface area contributed by atoms with Crippen LogP contribution in [0.1, 0.15) is 0 Å². The van der Waals surface area contributed by atoms with Gasteiger partial charge in [0.05, 0.1) is 6.08 Å². The van der Waals surface area contributed by atoms with E-state index < -0.39 is 25.8 Å². The van der Waals surface area contributed by atoms with Crippen LogP contribution in [-0.4, -0.2) is 30.7 Å². The van der Waals surface area contributed by atoms with E-state index in [-0.39, 0.29) is 0 Å². The molecule has 0 saturated carbocycles. The third kappa shape index (κ3) is 4.85. The van der Waals surface area contributed by atoms with E-state index in [1.54, 1.807) is 0 Å². The minimum absolute atomic E-state index is 0.412. The highest BCUT2D eigenvalue weighted by atomic mass is 32.2. The lowest BCUT2D eigenvalue weighted by atomic mass is 10.5. The summed E-state index contributed by atoms with van der Waals surface area (Å²) in [6.45, 7) is 0. The third-order valence-corrected chi connectivity index (χ3v) is 1.58. The molecule has 0 heterocycles. The standard InChI is InChI=1S/C4H6N2O6S/c1-13(11,12)3-2-4(5(7)8)6(9)10/h2-4H,1H3. The van der Waals surface area contributed by atoms with Crippen molar-refractivity contribution in [3.05, 3.63) is 31.7 Å². The first kappa shape index (κ1) is 11.5. The fourth-order valence-electron chi connectivity index (χ4n) is 0.431. The summed E-state index contributed by atoms with van der Waals surface area (Å²) in [5.74, 6) is 0. The highest BCUT2D eigenvalue weighted by molar-refractivity contribution is 7.93. The van der Waals surface area contributed by atoms with Gasteiger partial charge in [-0.1, -0.05) is 0 Å². The van der Waals surface area contributed by atoms with Crippen molar-refractivity contribution in [2.45, 2.75) is 6.17 Å². The molecule has 8 nitrogen and oxygen atoms in total. The van der Waals surface area contributed by atoms with Crippen LogP contribution < -0.4 is 0 Å². The van der Waals surface area contributed by atoms with Gasteiger partial charge in [0, 0.05) is 11.7 Å². The first-order valence-electron chi connectivity index (χ1n) is 2.89. The van der Waals surface area contributed by atoms with Crippen molar-refractivity contribution in [1.82, 2.24) is 0 Å². The predicted molar refractivity (Wildman–Crippen MR) is 41.8 cm³/mol. The van der Waals surface area contributed by atoms with Gasteiger partial charge in [-0.2, -0.15) is 0 Å². The van der Waals surface area contributed by atoms with Gasteiger partial charge in [-0.05, 0) is 0 Å². The van der Waals surface area contributed by atoms with Crippen molar-refractivity contribution < 1.29 is 18.3 Å². The normalized spacial score (nSPS) is 12.2. The topological polar surface area (TPSA) is 120 Å². The van der Waals surface area contributed by atoms with E-state index in [2.05, 4.69) is 0 Å². The summed E-state index contributed by atoms with van der Waals surface area (Å²) in [4.78, 5) is 17.6. The van der Waals surface area contributed by atoms with Gasteiger partial charge in [0.1, 0.15) is 9.85 Å². The van der Waals surface area contributed by atoms with Gasteiger partial charge in [-0.25, -0.2) is 8.42 Å². The van der Waals surface area contributed by atoms with Crippen LogP contribution in [-0.2, 0) is 9.84 Å². The molecule has 0 amide bonds.